The van der Waals surface area contributed by atoms with Crippen LogP contribution in [0.5, 0.6) is 0 Å². The SMILES string of the molecule is C[n+]1ccc(SCC2=C(C(=O)O)N3C(=O)C(NC(=O)C(=NOCF)c4csc(N)n4)C3CS2)cc1.O=C([O-])C(F)(F)F. The number of aromatic nitrogens is 2. The van der Waals surface area contributed by atoms with E-state index in [0.29, 0.717) is 16.4 Å². The summed E-state index contributed by atoms with van der Waals surface area (Å²) < 4.78 is 45.9. The van der Waals surface area contributed by atoms with Gasteiger partial charge in [0.25, 0.3) is 18.7 Å². The minimum absolute atomic E-state index is 0.0695. The topological polar surface area (TPSA) is 191 Å². The number of carboxylic acids is 2. The van der Waals surface area contributed by atoms with Gasteiger partial charge in [-0.05, 0) is 0 Å². The van der Waals surface area contributed by atoms with Crippen LogP contribution >= 0.6 is 34.9 Å². The van der Waals surface area contributed by atoms with Gasteiger partial charge in [0.05, 0.1) is 6.04 Å². The third-order valence-electron chi connectivity index (χ3n) is 5.38. The largest absolute Gasteiger partial charge is 0.542 e. The highest BCUT2D eigenvalue weighted by atomic mass is 32.2. The van der Waals surface area contributed by atoms with Crippen molar-refractivity contribution < 1.29 is 56.4 Å². The number of alkyl halides is 4. The van der Waals surface area contributed by atoms with Crippen LogP contribution in [0.25, 0.3) is 0 Å². The second-order valence-electron chi connectivity index (χ2n) is 8.14. The molecule has 226 valence electrons. The number of thiazole rings is 1. The number of oxime groups is 1. The van der Waals surface area contributed by atoms with E-state index in [2.05, 4.69) is 20.3 Å². The number of aryl methyl sites for hydroxylation is 1. The van der Waals surface area contributed by atoms with Crippen LogP contribution in [-0.2, 0) is 31.1 Å². The van der Waals surface area contributed by atoms with Crippen LogP contribution < -0.4 is 20.7 Å². The Morgan fingerprint density at radius 3 is 2.52 bits per heavy atom. The van der Waals surface area contributed by atoms with E-state index in [1.54, 1.807) is 0 Å². The fourth-order valence-corrected chi connectivity index (χ4v) is 6.34. The van der Waals surface area contributed by atoms with Crippen molar-refractivity contribution in [2.24, 2.45) is 12.2 Å². The van der Waals surface area contributed by atoms with Gasteiger partial charge in [0.1, 0.15) is 30.4 Å². The van der Waals surface area contributed by atoms with Crippen molar-refractivity contribution in [2.75, 3.05) is 24.1 Å². The Kier molecular flexibility index (Phi) is 10.7. The molecule has 2 aliphatic heterocycles. The van der Waals surface area contributed by atoms with Gasteiger partial charge in [0.15, 0.2) is 23.2 Å². The van der Waals surface area contributed by atoms with Gasteiger partial charge in [-0.15, -0.1) is 34.9 Å². The van der Waals surface area contributed by atoms with Crippen molar-refractivity contribution in [2.45, 2.75) is 23.2 Å². The van der Waals surface area contributed by atoms with Crippen molar-refractivity contribution in [1.82, 2.24) is 15.2 Å². The second kappa shape index (κ2) is 13.8. The Morgan fingerprint density at radius 2 is 2.00 bits per heavy atom. The van der Waals surface area contributed by atoms with Crippen molar-refractivity contribution in [3.05, 3.63) is 46.2 Å². The lowest BCUT2D eigenvalue weighted by atomic mass is 9.94. The lowest BCUT2D eigenvalue weighted by molar-refractivity contribution is -0.671. The van der Waals surface area contributed by atoms with E-state index < -0.39 is 48.9 Å². The molecule has 1 saturated heterocycles. The average molecular weight is 653 g/mol. The molecule has 2 aromatic rings. The zero-order chi connectivity index (χ0) is 31.2. The zero-order valence-electron chi connectivity index (χ0n) is 21.2. The summed E-state index contributed by atoms with van der Waals surface area (Å²) in [4.78, 5) is 57.6. The molecule has 2 unspecified atom stereocenters. The number of nitrogens with two attached hydrogens (primary N) is 1. The molecule has 4 N–H and O–H groups in total. The molecule has 1 fully saturated rings. The van der Waals surface area contributed by atoms with Crippen LogP contribution in [0.4, 0.5) is 22.7 Å². The maximum atomic E-state index is 12.9. The molecule has 0 bridgehead atoms. The van der Waals surface area contributed by atoms with Gasteiger partial charge in [-0.1, -0.05) is 5.16 Å². The summed E-state index contributed by atoms with van der Waals surface area (Å²) in [5, 5.41) is 26.2. The number of hydrogen-bond donors (Lipinski definition) is 3. The van der Waals surface area contributed by atoms with E-state index in [-0.39, 0.29) is 22.2 Å². The van der Waals surface area contributed by atoms with Gasteiger partial charge in [0, 0.05) is 38.8 Å². The number of carbonyl (C=O) groups is 4. The van der Waals surface area contributed by atoms with E-state index in [1.807, 2.05) is 36.1 Å². The van der Waals surface area contributed by atoms with Crippen molar-refractivity contribution in [1.29, 1.82) is 0 Å². The Bertz CT molecular complexity index is 1420. The standard InChI is InChI=1S/C20H19FN6O5S3.C2HF3O2/c1-26-4-2-10(3-5-26)33-8-13-16(19(30)31)27-12(7-34-13)15(18(27)29)24-17(28)14(25-32-9-21)11-6-35-20(22)23-11;3-2(4,5)1(6)7/h2-6,12,15H,7-9H2,1H3,(H3-,22,23,24,28,30,31);(H,6,7). The van der Waals surface area contributed by atoms with E-state index in [1.165, 1.54) is 33.8 Å². The van der Waals surface area contributed by atoms with Crippen LogP contribution in [0.1, 0.15) is 5.69 Å². The quantitative estimate of drug-likeness (QED) is 0.0827. The maximum absolute atomic E-state index is 12.9. The number of pyridine rings is 1. The minimum atomic E-state index is -5.19. The summed E-state index contributed by atoms with van der Waals surface area (Å²) in [7, 11) is 1.90. The van der Waals surface area contributed by atoms with Crippen molar-refractivity contribution >= 4 is 69.5 Å². The Labute approximate surface area is 246 Å². The van der Waals surface area contributed by atoms with Crippen LogP contribution in [0.3, 0.4) is 0 Å². The highest BCUT2D eigenvalue weighted by Gasteiger charge is 2.54. The van der Waals surface area contributed by atoms with E-state index in [4.69, 9.17) is 15.6 Å². The first kappa shape index (κ1) is 32.6. The predicted octanol–water partition coefficient (Wildman–Crippen LogP) is 0.0270. The number of anilines is 1. The summed E-state index contributed by atoms with van der Waals surface area (Å²) in [6.45, 7) is -1.26. The number of carbonyl (C=O) groups excluding carboxylic acids is 3. The molecule has 4 heterocycles. The highest BCUT2D eigenvalue weighted by molar-refractivity contribution is 8.06. The predicted molar refractivity (Wildman–Crippen MR) is 139 cm³/mol. The molecule has 0 spiro atoms. The second-order valence-corrected chi connectivity index (χ2v) is 11.2. The number of fused-ring (bicyclic) bond motifs is 1. The first-order chi connectivity index (χ1) is 19.7. The average Bonchev–Trinajstić information content (AvgIpc) is 3.36. The summed E-state index contributed by atoms with van der Waals surface area (Å²) in [6, 6.07) is 2.31. The van der Waals surface area contributed by atoms with Crippen LogP contribution in [0.2, 0.25) is 0 Å². The summed E-state index contributed by atoms with van der Waals surface area (Å²) in [6.07, 6.45) is -1.41. The van der Waals surface area contributed by atoms with Crippen LogP contribution in [0, 0.1) is 0 Å². The van der Waals surface area contributed by atoms with E-state index in [0.717, 1.165) is 16.2 Å². The number of nitrogen functional groups attached to an aromatic ring is 1. The number of thioether (sulfide) groups is 2. The van der Waals surface area contributed by atoms with Gasteiger partial charge in [0.2, 0.25) is 0 Å². The van der Waals surface area contributed by atoms with E-state index >= 15 is 0 Å². The normalized spacial score (nSPS) is 18.4. The number of aliphatic carboxylic acids is 2. The Balaban J connectivity index is 0.000000616. The summed E-state index contributed by atoms with van der Waals surface area (Å²) in [5.74, 6) is -4.81. The number of rotatable bonds is 9. The number of halogens is 4. The monoisotopic (exact) mass is 652 g/mol. The van der Waals surface area contributed by atoms with Gasteiger partial charge in [-0.25, -0.2) is 18.7 Å². The fraction of sp³-hybridized carbons (Fsp3) is 0.318. The van der Waals surface area contributed by atoms with Gasteiger partial charge in [-0.2, -0.15) is 13.2 Å². The van der Waals surface area contributed by atoms with Crippen molar-refractivity contribution in [3.8, 4) is 0 Å². The summed E-state index contributed by atoms with van der Waals surface area (Å²) >= 11 is 3.86. The first-order valence-corrected chi connectivity index (χ1v) is 14.2. The Hall–Kier alpha value is -3.91. The molecule has 0 aliphatic carbocycles. The third-order valence-corrected chi connectivity index (χ3v) is 8.47. The molecular weight excluding hydrogens is 632 g/mol. The number of nitrogens with zero attached hydrogens (tertiary/aromatic N) is 4. The molecule has 0 aromatic carbocycles. The molecule has 4 rings (SSSR count). The molecule has 0 saturated carbocycles. The van der Waals surface area contributed by atoms with Gasteiger partial charge < -0.3 is 30.9 Å². The van der Waals surface area contributed by atoms with Crippen LogP contribution in [-0.4, -0.2) is 81.1 Å². The lowest BCUT2D eigenvalue weighted by Gasteiger charge is -2.49. The van der Waals surface area contributed by atoms with Gasteiger partial charge >= 0.3 is 12.1 Å². The zero-order valence-corrected chi connectivity index (χ0v) is 23.6. The summed E-state index contributed by atoms with van der Waals surface area (Å²) in [5.41, 5.74) is 5.24. The molecule has 20 heteroatoms. The van der Waals surface area contributed by atoms with E-state index in [9.17, 15) is 37.1 Å². The fourth-order valence-electron chi connectivity index (χ4n) is 3.50. The van der Waals surface area contributed by atoms with Crippen molar-refractivity contribution in [3.63, 3.8) is 0 Å². The van der Waals surface area contributed by atoms with Crippen LogP contribution in [0.15, 0.2) is 50.6 Å². The molecule has 2 atom stereocenters. The molecule has 13 nitrogen and oxygen atoms in total. The molecule has 2 aliphatic rings. The lowest BCUT2D eigenvalue weighted by Crippen LogP contribution is -2.73. The van der Waals surface area contributed by atoms with Gasteiger partial charge in [-0.3, -0.25) is 14.5 Å². The number of hydrogen-bond acceptors (Lipinski definition) is 12. The molecule has 2 aromatic heterocycles. The molecular formula is C22H20F4N6O7S3. The minimum Gasteiger partial charge on any atom is -0.542 e. The maximum Gasteiger partial charge on any atom is 0.430 e. The first-order valence-electron chi connectivity index (χ1n) is 11.3. The number of carboxylic acid groups (broad SMARTS) is 2. The number of β-lactam (4-membered cyclic amide) rings is 1. The number of nitrogens with one attached hydrogen (secondary N) is 1. The smallest absolute Gasteiger partial charge is 0.430 e. The molecule has 42 heavy (non-hydrogen) atoms. The highest BCUT2D eigenvalue weighted by Crippen LogP contribution is 2.41. The third kappa shape index (κ3) is 7.88. The molecule has 0 radical (unpaired) electrons. The number of amides is 2. The molecule has 2 amide bonds. The Morgan fingerprint density at radius 1 is 1.36 bits per heavy atom.